The monoisotopic (exact) mass is 399 g/mol. The summed E-state index contributed by atoms with van der Waals surface area (Å²) < 4.78 is 29.7. The van der Waals surface area contributed by atoms with Crippen molar-refractivity contribution in [2.24, 2.45) is 0 Å². The van der Waals surface area contributed by atoms with Crippen LogP contribution in [-0.4, -0.2) is 76.7 Å². The highest BCUT2D eigenvalue weighted by molar-refractivity contribution is 7.88. The minimum atomic E-state index is -3.14. The van der Waals surface area contributed by atoms with E-state index in [1.165, 1.54) is 15.5 Å². The summed E-state index contributed by atoms with van der Waals surface area (Å²) >= 11 is 0. The van der Waals surface area contributed by atoms with E-state index in [4.69, 9.17) is 4.74 Å². The molecule has 0 saturated carbocycles. The van der Waals surface area contributed by atoms with Crippen molar-refractivity contribution in [3.63, 3.8) is 0 Å². The number of carbonyl (C=O) groups is 2. The molecule has 27 heavy (non-hydrogen) atoms. The zero-order valence-electron chi connectivity index (χ0n) is 15.7. The molecule has 0 atom stereocenters. The normalized spacial score (nSPS) is 15.9. The van der Waals surface area contributed by atoms with E-state index in [0.717, 1.165) is 0 Å². The Morgan fingerprint density at radius 3 is 2.33 bits per heavy atom. The second-order valence-electron chi connectivity index (χ2n) is 6.33. The van der Waals surface area contributed by atoms with Gasteiger partial charge in [-0.3, -0.25) is 9.59 Å². The first-order valence-electron chi connectivity index (χ1n) is 8.90. The molecule has 1 fully saturated rings. The number of hydrogen-bond acceptors (Lipinski definition) is 5. The molecule has 2 amide bonds. The number of hydrogen-bond donors (Lipinski definition) is 3. The van der Waals surface area contributed by atoms with Crippen LogP contribution in [0.1, 0.15) is 6.92 Å². The molecule has 10 heteroatoms. The molecule has 0 bridgehead atoms. The number of rotatable bonds is 7. The largest absolute Gasteiger partial charge is 0.494 e. The highest BCUT2D eigenvalue weighted by Gasteiger charge is 2.25. The third-order valence-electron chi connectivity index (χ3n) is 4.29. The standard InChI is InChI=1S/C17H26N4O5S/c1-3-26-15-6-4-14(5-7-15)19-17(23)16(22)18-8-9-20-10-12-21(13-11-20)27(2,24)25/h4-7H,3,8-13H2,1-2H3,(H,18,22)(H,19,23)/p+1. The number of benzene rings is 1. The average molecular weight is 399 g/mol. The van der Waals surface area contributed by atoms with E-state index in [1.54, 1.807) is 24.3 Å². The van der Waals surface area contributed by atoms with Crippen LogP contribution in [0.2, 0.25) is 0 Å². The minimum absolute atomic E-state index is 0.351. The van der Waals surface area contributed by atoms with E-state index in [-0.39, 0.29) is 0 Å². The summed E-state index contributed by atoms with van der Waals surface area (Å²) in [6.07, 6.45) is 1.21. The molecule has 0 unspecified atom stereocenters. The van der Waals surface area contributed by atoms with Crippen LogP contribution in [0.3, 0.4) is 0 Å². The SMILES string of the molecule is CCOc1ccc(NC(=O)C(=O)NCC[NH+]2CCN(S(C)(=O)=O)CC2)cc1. The molecular weight excluding hydrogens is 372 g/mol. The number of piperazine rings is 1. The topological polar surface area (TPSA) is 109 Å². The first-order chi connectivity index (χ1) is 12.8. The van der Waals surface area contributed by atoms with Crippen LogP contribution >= 0.6 is 0 Å². The van der Waals surface area contributed by atoms with Gasteiger partial charge in [-0.25, -0.2) is 8.42 Å². The number of nitrogens with zero attached hydrogens (tertiary/aromatic N) is 1. The van der Waals surface area contributed by atoms with Crippen molar-refractivity contribution in [1.82, 2.24) is 9.62 Å². The smallest absolute Gasteiger partial charge is 0.313 e. The van der Waals surface area contributed by atoms with E-state index in [2.05, 4.69) is 10.6 Å². The highest BCUT2D eigenvalue weighted by Crippen LogP contribution is 2.15. The lowest BCUT2D eigenvalue weighted by atomic mass is 10.3. The number of ether oxygens (including phenoxy) is 1. The van der Waals surface area contributed by atoms with E-state index in [1.807, 2.05) is 6.92 Å². The maximum atomic E-state index is 11.9. The molecular formula is C17H27N4O5S+. The lowest BCUT2D eigenvalue weighted by Crippen LogP contribution is -3.15. The molecule has 1 aromatic rings. The molecule has 9 nitrogen and oxygen atoms in total. The third kappa shape index (κ3) is 6.81. The molecule has 150 valence electrons. The number of sulfonamides is 1. The summed E-state index contributed by atoms with van der Waals surface area (Å²) in [7, 11) is -3.14. The van der Waals surface area contributed by atoms with Gasteiger partial charge in [0, 0.05) is 5.69 Å². The van der Waals surface area contributed by atoms with E-state index in [0.29, 0.717) is 57.3 Å². The maximum Gasteiger partial charge on any atom is 0.313 e. The van der Waals surface area contributed by atoms with Crippen LogP contribution < -0.4 is 20.3 Å². The summed E-state index contributed by atoms with van der Waals surface area (Å²) in [5, 5.41) is 5.13. The van der Waals surface area contributed by atoms with Crippen LogP contribution in [-0.2, 0) is 19.6 Å². The van der Waals surface area contributed by atoms with E-state index in [9.17, 15) is 18.0 Å². The quantitative estimate of drug-likeness (QED) is 0.474. The lowest BCUT2D eigenvalue weighted by Gasteiger charge is -2.30. The lowest BCUT2D eigenvalue weighted by molar-refractivity contribution is -0.902. The number of amides is 2. The van der Waals surface area contributed by atoms with Crippen LogP contribution in [0.25, 0.3) is 0 Å². The summed E-state index contributed by atoms with van der Waals surface area (Å²) in [5.41, 5.74) is 0.515. The van der Waals surface area contributed by atoms with Gasteiger partial charge in [0.25, 0.3) is 0 Å². The van der Waals surface area contributed by atoms with Gasteiger partial charge in [0.05, 0.1) is 52.1 Å². The van der Waals surface area contributed by atoms with Gasteiger partial charge in [-0.15, -0.1) is 0 Å². The Morgan fingerprint density at radius 1 is 1.15 bits per heavy atom. The van der Waals surface area contributed by atoms with Gasteiger partial charge in [-0.1, -0.05) is 0 Å². The zero-order chi connectivity index (χ0) is 19.9. The Hall–Kier alpha value is -2.17. The fourth-order valence-corrected chi connectivity index (χ4v) is 3.65. The molecule has 3 N–H and O–H groups in total. The van der Waals surface area contributed by atoms with E-state index < -0.39 is 21.8 Å². The molecule has 1 saturated heterocycles. The first kappa shape index (κ1) is 21.1. The number of nitrogens with one attached hydrogen (secondary N) is 3. The van der Waals surface area contributed by atoms with Crippen LogP contribution in [0.4, 0.5) is 5.69 Å². The highest BCUT2D eigenvalue weighted by atomic mass is 32.2. The minimum Gasteiger partial charge on any atom is -0.494 e. The molecule has 0 aromatic heterocycles. The van der Waals surface area contributed by atoms with Crippen molar-refractivity contribution in [2.75, 3.05) is 57.4 Å². The Labute approximate surface area is 159 Å². The van der Waals surface area contributed by atoms with Crippen molar-refractivity contribution >= 4 is 27.5 Å². The third-order valence-corrected chi connectivity index (χ3v) is 5.60. The van der Waals surface area contributed by atoms with Crippen LogP contribution in [0.5, 0.6) is 5.75 Å². The second-order valence-corrected chi connectivity index (χ2v) is 8.31. The van der Waals surface area contributed by atoms with E-state index >= 15 is 0 Å². The molecule has 1 aliphatic heterocycles. The first-order valence-corrected chi connectivity index (χ1v) is 10.7. The van der Waals surface area contributed by atoms with Crippen molar-refractivity contribution in [3.8, 4) is 5.75 Å². The van der Waals surface area contributed by atoms with Gasteiger partial charge in [0.2, 0.25) is 10.0 Å². The van der Waals surface area contributed by atoms with Gasteiger partial charge in [0.15, 0.2) is 0 Å². The molecule has 1 aromatic carbocycles. The summed E-state index contributed by atoms with van der Waals surface area (Å²) in [4.78, 5) is 25.0. The molecule has 1 heterocycles. The van der Waals surface area contributed by atoms with Crippen molar-refractivity contribution in [2.45, 2.75) is 6.92 Å². The molecule has 0 aliphatic carbocycles. The number of quaternary nitrogens is 1. The number of carbonyl (C=O) groups excluding carboxylic acids is 2. The predicted molar refractivity (Wildman–Crippen MR) is 101 cm³/mol. The molecule has 2 rings (SSSR count). The second kappa shape index (κ2) is 9.67. The summed E-state index contributed by atoms with van der Waals surface area (Å²) in [5.74, 6) is -0.729. The van der Waals surface area contributed by atoms with Gasteiger partial charge in [-0.2, -0.15) is 4.31 Å². The van der Waals surface area contributed by atoms with Gasteiger partial charge >= 0.3 is 11.8 Å². The number of anilines is 1. The molecule has 1 aliphatic rings. The zero-order valence-corrected chi connectivity index (χ0v) is 16.5. The van der Waals surface area contributed by atoms with Crippen LogP contribution in [0, 0.1) is 0 Å². The fourth-order valence-electron chi connectivity index (χ4n) is 2.81. The summed E-state index contributed by atoms with van der Waals surface area (Å²) in [6.45, 7) is 5.74. The molecule has 0 spiro atoms. The Balaban J connectivity index is 1.69. The van der Waals surface area contributed by atoms with Crippen LogP contribution in [0.15, 0.2) is 24.3 Å². The van der Waals surface area contributed by atoms with Gasteiger partial charge in [0.1, 0.15) is 5.75 Å². The van der Waals surface area contributed by atoms with Crippen molar-refractivity contribution in [1.29, 1.82) is 0 Å². The predicted octanol–water partition coefficient (Wildman–Crippen LogP) is -1.70. The van der Waals surface area contributed by atoms with Crippen molar-refractivity contribution < 1.29 is 27.6 Å². The summed E-state index contributed by atoms with van der Waals surface area (Å²) in [6, 6.07) is 6.77. The van der Waals surface area contributed by atoms with Crippen molar-refractivity contribution in [3.05, 3.63) is 24.3 Å². The fraction of sp³-hybridized carbons (Fsp3) is 0.529. The van der Waals surface area contributed by atoms with Gasteiger partial charge in [-0.05, 0) is 31.2 Å². The maximum absolute atomic E-state index is 11.9. The molecule has 0 radical (unpaired) electrons. The average Bonchev–Trinajstić information content (AvgIpc) is 2.63. The Kier molecular flexibility index (Phi) is 7.57. The Morgan fingerprint density at radius 2 is 1.78 bits per heavy atom. The van der Waals surface area contributed by atoms with Gasteiger partial charge < -0.3 is 20.3 Å². The Bertz CT molecular complexity index is 743.